The Morgan fingerprint density at radius 3 is 2.04 bits per heavy atom. The highest BCUT2D eigenvalue weighted by Crippen LogP contribution is 2.18. The molecule has 1 aliphatic heterocycles. The molecule has 17 heteroatoms. The normalized spacial score (nSPS) is 15.3. The lowest BCUT2D eigenvalue weighted by Gasteiger charge is -2.35. The Morgan fingerprint density at radius 1 is 0.870 bits per heavy atom. The van der Waals surface area contributed by atoms with Crippen LogP contribution < -0.4 is 37.6 Å². The van der Waals surface area contributed by atoms with Gasteiger partial charge in [-0.2, -0.15) is 0 Å². The van der Waals surface area contributed by atoms with Crippen LogP contribution in [0.25, 0.3) is 0 Å². The molecule has 1 aromatic carbocycles. The summed E-state index contributed by atoms with van der Waals surface area (Å²) in [7, 11) is 0. The van der Waals surface area contributed by atoms with Gasteiger partial charge in [-0.15, -0.1) is 11.8 Å². The third-order valence-corrected chi connectivity index (χ3v) is 7.67. The number of benzene rings is 1. The number of hydrogen-bond acceptors (Lipinski definition) is 10. The van der Waals surface area contributed by atoms with Crippen LogP contribution in [0.2, 0.25) is 0 Å². The molecule has 1 saturated heterocycles. The molecule has 7 amide bonds. The van der Waals surface area contributed by atoms with E-state index in [1.807, 2.05) is 30.3 Å². The maximum atomic E-state index is 13.4. The summed E-state index contributed by atoms with van der Waals surface area (Å²) in [6.45, 7) is -0.0694. The van der Waals surface area contributed by atoms with Crippen molar-refractivity contribution in [2.24, 2.45) is 5.73 Å². The number of aldehydes is 1. The molecule has 16 nitrogen and oxygen atoms in total. The van der Waals surface area contributed by atoms with Crippen molar-refractivity contribution in [1.82, 2.24) is 36.8 Å². The second kappa shape index (κ2) is 20.5. The topological polar surface area (TPSA) is 238 Å². The first-order chi connectivity index (χ1) is 22.0. The van der Waals surface area contributed by atoms with Gasteiger partial charge in [0, 0.05) is 25.6 Å². The molecule has 8 N–H and O–H groups in total. The molecule has 0 spiro atoms. The first kappa shape index (κ1) is 37.7. The van der Waals surface area contributed by atoms with Crippen molar-refractivity contribution >= 4 is 59.4 Å². The zero-order valence-electron chi connectivity index (χ0n) is 25.7. The van der Waals surface area contributed by atoms with Crippen molar-refractivity contribution in [2.45, 2.75) is 50.7 Å². The smallest absolute Gasteiger partial charge is 0.246 e. The average Bonchev–Trinajstić information content (AvgIpc) is 3.05. The molecule has 0 aliphatic carbocycles. The largest absolute Gasteiger partial charge is 0.347 e. The summed E-state index contributed by atoms with van der Waals surface area (Å²) >= 11 is 1.24. The molecular weight excluding hydrogens is 620 g/mol. The van der Waals surface area contributed by atoms with Crippen LogP contribution in [0.4, 0.5) is 0 Å². The quantitative estimate of drug-likeness (QED) is 0.0475. The summed E-state index contributed by atoms with van der Waals surface area (Å²) in [5.41, 5.74) is 6.54. The number of nitrogens with zero attached hydrogens (tertiary/aromatic N) is 1. The number of carbonyl (C=O) groups excluding carboxylic acids is 8. The van der Waals surface area contributed by atoms with E-state index in [0.717, 1.165) is 24.7 Å². The van der Waals surface area contributed by atoms with Crippen LogP contribution in [0.3, 0.4) is 0 Å². The number of piperidine rings is 1. The Labute approximate surface area is 271 Å². The van der Waals surface area contributed by atoms with E-state index < -0.39 is 73.8 Å². The Kier molecular flexibility index (Phi) is 16.8. The van der Waals surface area contributed by atoms with Crippen LogP contribution in [0.1, 0.15) is 31.7 Å². The van der Waals surface area contributed by atoms with E-state index in [4.69, 9.17) is 5.73 Å². The second-order valence-electron chi connectivity index (χ2n) is 10.4. The van der Waals surface area contributed by atoms with Crippen LogP contribution in [0, 0.1) is 0 Å². The maximum absolute atomic E-state index is 13.4. The molecule has 46 heavy (non-hydrogen) atoms. The third kappa shape index (κ3) is 14.5. The van der Waals surface area contributed by atoms with Gasteiger partial charge in [-0.1, -0.05) is 30.3 Å². The molecule has 3 atom stereocenters. The van der Waals surface area contributed by atoms with E-state index in [9.17, 15) is 38.4 Å². The van der Waals surface area contributed by atoms with Gasteiger partial charge in [-0.05, 0) is 24.8 Å². The van der Waals surface area contributed by atoms with Gasteiger partial charge in [-0.25, -0.2) is 0 Å². The van der Waals surface area contributed by atoms with Gasteiger partial charge < -0.3 is 47.3 Å². The molecule has 1 aliphatic rings. The first-order valence-corrected chi connectivity index (χ1v) is 15.9. The van der Waals surface area contributed by atoms with Crippen molar-refractivity contribution in [3.63, 3.8) is 0 Å². The van der Waals surface area contributed by atoms with Crippen molar-refractivity contribution in [1.29, 1.82) is 0 Å². The second-order valence-corrected chi connectivity index (χ2v) is 11.5. The fourth-order valence-electron chi connectivity index (χ4n) is 4.30. The highest BCUT2D eigenvalue weighted by atomic mass is 32.2. The standard InChI is InChI=1S/C29H42N8O8S/c1-19(39)35-18-46-17-22(30)28(44)34-14-26(42)32-12-24(40)31-13-25(41)33-15-27(43)36-23(11-20-7-3-2-4-8-20)29(45)37-10-6-5-9-21(37)16-38/h2-4,7-8,16,21-23H,5-6,9-15,17-18,30H2,1H3,(H,31,40)(H,32,42)(H,33,41)(H,34,44)(H,35,39)(H,36,43)/t21?,22?,23-/m0/s1. The van der Waals surface area contributed by atoms with Gasteiger partial charge in [0.25, 0.3) is 0 Å². The fraction of sp³-hybridized carbons (Fsp3) is 0.517. The monoisotopic (exact) mass is 662 g/mol. The molecule has 2 unspecified atom stereocenters. The minimum absolute atomic E-state index is 0.193. The zero-order valence-corrected chi connectivity index (χ0v) is 26.5. The number of carbonyl (C=O) groups is 8. The number of thioether (sulfide) groups is 1. The van der Waals surface area contributed by atoms with Gasteiger partial charge in [0.2, 0.25) is 41.4 Å². The summed E-state index contributed by atoms with van der Waals surface area (Å²) in [5, 5.41) is 14.5. The SMILES string of the molecule is CC(=O)NCSCC(N)C(=O)NCC(=O)NCC(=O)NCC(=O)NCC(=O)N[C@@H](Cc1ccccc1)C(=O)N1CCCCC1C=O. The summed E-state index contributed by atoms with van der Waals surface area (Å²) in [5.74, 6) is -3.34. The first-order valence-electron chi connectivity index (χ1n) is 14.7. The number of amides is 7. The summed E-state index contributed by atoms with van der Waals surface area (Å²) < 4.78 is 0. The molecule has 0 aromatic heterocycles. The molecule has 0 bridgehead atoms. The number of rotatable bonds is 18. The number of hydrogen-bond donors (Lipinski definition) is 7. The number of nitrogens with one attached hydrogen (secondary N) is 6. The van der Waals surface area contributed by atoms with Crippen molar-refractivity contribution in [3.05, 3.63) is 35.9 Å². The lowest BCUT2D eigenvalue weighted by atomic mass is 9.99. The van der Waals surface area contributed by atoms with E-state index in [1.165, 1.54) is 23.6 Å². The summed E-state index contributed by atoms with van der Waals surface area (Å²) in [6.07, 6.45) is 3.07. The van der Waals surface area contributed by atoms with E-state index in [0.29, 0.717) is 13.0 Å². The highest BCUT2D eigenvalue weighted by molar-refractivity contribution is 7.99. The minimum Gasteiger partial charge on any atom is -0.347 e. The molecule has 2 rings (SSSR count). The molecule has 1 heterocycles. The van der Waals surface area contributed by atoms with Gasteiger partial charge in [0.1, 0.15) is 12.3 Å². The lowest BCUT2D eigenvalue weighted by Crippen LogP contribution is -2.55. The van der Waals surface area contributed by atoms with Crippen molar-refractivity contribution in [2.75, 3.05) is 44.4 Å². The van der Waals surface area contributed by atoms with Crippen LogP contribution in [-0.4, -0.2) is 115 Å². The van der Waals surface area contributed by atoms with Crippen molar-refractivity contribution < 1.29 is 38.4 Å². The predicted octanol–water partition coefficient (Wildman–Crippen LogP) is -3.09. The Hall–Kier alpha value is -4.51. The average molecular weight is 663 g/mol. The molecule has 1 fully saturated rings. The van der Waals surface area contributed by atoms with Crippen LogP contribution in [0.15, 0.2) is 30.3 Å². The molecule has 1 aromatic rings. The van der Waals surface area contributed by atoms with E-state index in [2.05, 4.69) is 31.9 Å². The van der Waals surface area contributed by atoms with Crippen LogP contribution >= 0.6 is 11.8 Å². The summed E-state index contributed by atoms with van der Waals surface area (Å²) in [6, 6.07) is 6.66. The predicted molar refractivity (Wildman–Crippen MR) is 169 cm³/mol. The van der Waals surface area contributed by atoms with E-state index >= 15 is 0 Å². The molecule has 0 radical (unpaired) electrons. The van der Waals surface area contributed by atoms with Gasteiger partial charge in [-0.3, -0.25) is 33.6 Å². The van der Waals surface area contributed by atoms with E-state index in [-0.39, 0.29) is 29.9 Å². The van der Waals surface area contributed by atoms with Crippen molar-refractivity contribution in [3.8, 4) is 0 Å². The summed E-state index contributed by atoms with van der Waals surface area (Å²) in [4.78, 5) is 98.1. The molecule has 0 saturated carbocycles. The Balaban J connectivity index is 1.71. The maximum Gasteiger partial charge on any atom is 0.246 e. The van der Waals surface area contributed by atoms with Gasteiger partial charge >= 0.3 is 0 Å². The van der Waals surface area contributed by atoms with Gasteiger partial charge in [0.05, 0.1) is 44.1 Å². The fourth-order valence-corrected chi connectivity index (χ4v) is 5.13. The third-order valence-electron chi connectivity index (χ3n) is 6.72. The Morgan fingerprint density at radius 2 is 1.46 bits per heavy atom. The zero-order chi connectivity index (χ0) is 33.9. The molecular formula is C29H42N8O8S. The Bertz CT molecular complexity index is 1230. The molecule has 252 valence electrons. The number of likely N-dealkylation sites (tertiary alicyclic amines) is 1. The lowest BCUT2D eigenvalue weighted by molar-refractivity contribution is -0.141. The minimum atomic E-state index is -0.954. The van der Waals surface area contributed by atoms with Gasteiger partial charge in [0.15, 0.2) is 0 Å². The van der Waals surface area contributed by atoms with Crippen LogP contribution in [-0.2, 0) is 44.8 Å². The highest BCUT2D eigenvalue weighted by Gasteiger charge is 2.32. The number of nitrogens with two attached hydrogens (primary N) is 1. The van der Waals surface area contributed by atoms with Crippen LogP contribution in [0.5, 0.6) is 0 Å². The van der Waals surface area contributed by atoms with E-state index in [1.54, 1.807) is 0 Å².